The van der Waals surface area contributed by atoms with Gasteiger partial charge in [-0.3, -0.25) is 10.1 Å². The second-order valence-corrected chi connectivity index (χ2v) is 9.53. The van der Waals surface area contributed by atoms with Crippen LogP contribution in [0.4, 0.5) is 10.5 Å². The number of benzene rings is 1. The van der Waals surface area contributed by atoms with E-state index in [1.54, 1.807) is 27.7 Å². The third kappa shape index (κ3) is 4.78. The lowest BCUT2D eigenvalue weighted by molar-refractivity contribution is -0.384. The molecule has 1 N–H and O–H groups in total. The third-order valence-corrected chi connectivity index (χ3v) is 6.22. The molecule has 0 radical (unpaired) electrons. The van der Waals surface area contributed by atoms with Gasteiger partial charge < -0.3 is 14.7 Å². The minimum atomic E-state index is -4.01. The molecule has 1 aromatic rings. The molecule has 1 aromatic carbocycles. The van der Waals surface area contributed by atoms with Crippen molar-refractivity contribution < 1.29 is 28.0 Å². The van der Waals surface area contributed by atoms with Crippen molar-refractivity contribution in [2.24, 2.45) is 0 Å². The van der Waals surface area contributed by atoms with Crippen LogP contribution in [0, 0.1) is 10.1 Å². The second kappa shape index (κ2) is 8.02. The lowest BCUT2D eigenvalue weighted by Gasteiger charge is -2.43. The normalized spacial score (nSPS) is 21.4. The summed E-state index contributed by atoms with van der Waals surface area (Å²) in [6, 6.07) is 3.21. The zero-order valence-electron chi connectivity index (χ0n) is 16.2. The molecule has 1 fully saturated rings. The summed E-state index contributed by atoms with van der Waals surface area (Å²) in [5, 5.41) is 20.5. The second-order valence-electron chi connectivity index (χ2n) is 7.64. The number of carbonyl (C=O) groups excluding carboxylic acids is 1. The smallest absolute Gasteiger partial charge is 0.410 e. The number of nitro benzene ring substituents is 1. The van der Waals surface area contributed by atoms with E-state index in [1.165, 1.54) is 4.90 Å². The standard InChI is InChI=1S/C17H25N3O7S/c1-12-9-19(14(11-21)10-18(12)16(22)27-17(2,3)4)28(25,26)15-7-5-13(6-8-15)20(23)24/h5-8,12,14,21H,9-11H2,1-4H3/t12-,14-/m0/s1. The third-order valence-electron chi connectivity index (χ3n) is 4.28. The van der Waals surface area contributed by atoms with Gasteiger partial charge in [0.1, 0.15) is 5.60 Å². The molecule has 0 aliphatic carbocycles. The highest BCUT2D eigenvalue weighted by atomic mass is 32.2. The monoisotopic (exact) mass is 415 g/mol. The molecule has 0 aromatic heterocycles. The van der Waals surface area contributed by atoms with Gasteiger partial charge in [0.2, 0.25) is 10.0 Å². The largest absolute Gasteiger partial charge is 0.444 e. The van der Waals surface area contributed by atoms with E-state index in [2.05, 4.69) is 0 Å². The fourth-order valence-electron chi connectivity index (χ4n) is 2.90. The Morgan fingerprint density at radius 1 is 1.29 bits per heavy atom. The molecular weight excluding hydrogens is 390 g/mol. The highest BCUT2D eigenvalue weighted by Crippen LogP contribution is 2.26. The van der Waals surface area contributed by atoms with Crippen molar-refractivity contribution >= 4 is 21.8 Å². The van der Waals surface area contributed by atoms with Gasteiger partial charge in [0.15, 0.2) is 0 Å². The zero-order valence-corrected chi connectivity index (χ0v) is 17.0. The first-order valence-electron chi connectivity index (χ1n) is 8.73. The van der Waals surface area contributed by atoms with E-state index in [0.717, 1.165) is 28.6 Å². The highest BCUT2D eigenvalue weighted by Gasteiger charge is 2.41. The Morgan fingerprint density at radius 3 is 2.32 bits per heavy atom. The number of piperazine rings is 1. The lowest BCUT2D eigenvalue weighted by Crippen LogP contribution is -2.61. The Kier molecular flexibility index (Phi) is 6.31. The predicted octanol–water partition coefficient (Wildman–Crippen LogP) is 1.59. The summed E-state index contributed by atoms with van der Waals surface area (Å²) >= 11 is 0. The first kappa shape index (κ1) is 22.1. The number of nitro groups is 1. The number of ether oxygens (including phenoxy) is 1. The van der Waals surface area contributed by atoms with Gasteiger partial charge >= 0.3 is 6.09 Å². The number of aliphatic hydroxyl groups is 1. The maximum atomic E-state index is 13.0. The predicted molar refractivity (Wildman–Crippen MR) is 100 cm³/mol. The fourth-order valence-corrected chi connectivity index (χ4v) is 4.59. The molecule has 156 valence electrons. The molecule has 11 heteroatoms. The van der Waals surface area contributed by atoms with Crippen molar-refractivity contribution in [1.82, 2.24) is 9.21 Å². The summed E-state index contributed by atoms with van der Waals surface area (Å²) in [7, 11) is -4.01. The summed E-state index contributed by atoms with van der Waals surface area (Å²) in [4.78, 5) is 23.8. The van der Waals surface area contributed by atoms with Crippen LogP contribution in [0.5, 0.6) is 0 Å². The van der Waals surface area contributed by atoms with Crippen LogP contribution in [0.1, 0.15) is 27.7 Å². The first-order valence-corrected chi connectivity index (χ1v) is 10.2. The van der Waals surface area contributed by atoms with Crippen molar-refractivity contribution in [1.29, 1.82) is 0 Å². The van der Waals surface area contributed by atoms with E-state index in [1.807, 2.05) is 0 Å². The number of carbonyl (C=O) groups is 1. The van der Waals surface area contributed by atoms with E-state index >= 15 is 0 Å². The summed E-state index contributed by atoms with van der Waals surface area (Å²) in [5.74, 6) is 0. The molecule has 1 aliphatic rings. The van der Waals surface area contributed by atoms with Crippen LogP contribution in [-0.4, -0.2) is 71.1 Å². The van der Waals surface area contributed by atoms with Crippen LogP contribution >= 0.6 is 0 Å². The molecule has 10 nitrogen and oxygen atoms in total. The molecular formula is C17H25N3O7S. The minimum absolute atomic E-state index is 0.0290. The number of amides is 1. The Morgan fingerprint density at radius 2 is 1.86 bits per heavy atom. The molecule has 0 saturated carbocycles. The van der Waals surface area contributed by atoms with Crippen LogP contribution in [0.25, 0.3) is 0 Å². The number of hydrogen-bond acceptors (Lipinski definition) is 7. The highest BCUT2D eigenvalue weighted by molar-refractivity contribution is 7.89. The van der Waals surface area contributed by atoms with Gasteiger partial charge in [-0.15, -0.1) is 0 Å². The molecule has 0 spiro atoms. The number of hydrogen-bond donors (Lipinski definition) is 1. The summed E-state index contributed by atoms with van der Waals surface area (Å²) < 4.78 is 32.5. The van der Waals surface area contributed by atoms with Crippen molar-refractivity contribution in [2.75, 3.05) is 19.7 Å². The van der Waals surface area contributed by atoms with Crippen molar-refractivity contribution in [3.63, 3.8) is 0 Å². The average Bonchev–Trinajstić information content (AvgIpc) is 2.59. The minimum Gasteiger partial charge on any atom is -0.444 e. The maximum absolute atomic E-state index is 13.0. The van der Waals surface area contributed by atoms with Gasteiger partial charge in [-0.05, 0) is 39.8 Å². The Balaban J connectivity index is 2.26. The Labute approximate surface area is 163 Å². The lowest BCUT2D eigenvalue weighted by atomic mass is 10.1. The van der Waals surface area contributed by atoms with Gasteiger partial charge in [0.25, 0.3) is 5.69 Å². The zero-order chi connectivity index (χ0) is 21.3. The summed E-state index contributed by atoms with van der Waals surface area (Å²) in [5.41, 5.74) is -0.922. The van der Waals surface area contributed by atoms with E-state index < -0.39 is 45.3 Å². The number of non-ortho nitro benzene ring substituents is 1. The van der Waals surface area contributed by atoms with E-state index in [4.69, 9.17) is 4.74 Å². The van der Waals surface area contributed by atoms with Gasteiger partial charge in [-0.25, -0.2) is 13.2 Å². The summed E-state index contributed by atoms with van der Waals surface area (Å²) in [6.45, 7) is 6.33. The van der Waals surface area contributed by atoms with E-state index in [0.29, 0.717) is 0 Å². The van der Waals surface area contributed by atoms with Crippen LogP contribution < -0.4 is 0 Å². The fraction of sp³-hybridized carbons (Fsp3) is 0.588. The van der Waals surface area contributed by atoms with Crippen LogP contribution in [-0.2, 0) is 14.8 Å². The topological polar surface area (TPSA) is 130 Å². The quantitative estimate of drug-likeness (QED) is 0.583. The molecule has 1 aliphatic heterocycles. The number of rotatable bonds is 4. The summed E-state index contributed by atoms with van der Waals surface area (Å²) in [6.07, 6.45) is -0.578. The number of nitrogens with zero attached hydrogens (tertiary/aromatic N) is 3. The Hall–Kier alpha value is -2.24. The van der Waals surface area contributed by atoms with Crippen molar-refractivity contribution in [2.45, 2.75) is 50.3 Å². The molecule has 2 atom stereocenters. The molecule has 1 saturated heterocycles. The van der Waals surface area contributed by atoms with Crippen LogP contribution in [0.3, 0.4) is 0 Å². The number of aliphatic hydroxyl groups excluding tert-OH is 1. The van der Waals surface area contributed by atoms with Crippen LogP contribution in [0.15, 0.2) is 29.2 Å². The number of sulfonamides is 1. The molecule has 28 heavy (non-hydrogen) atoms. The van der Waals surface area contributed by atoms with Gasteiger partial charge in [-0.2, -0.15) is 4.31 Å². The van der Waals surface area contributed by atoms with Gasteiger partial charge in [0.05, 0.1) is 22.5 Å². The maximum Gasteiger partial charge on any atom is 0.410 e. The molecule has 0 bridgehead atoms. The van der Waals surface area contributed by atoms with Crippen molar-refractivity contribution in [3.05, 3.63) is 34.4 Å². The SMILES string of the molecule is C[C@H]1CN(S(=O)(=O)c2ccc([N+](=O)[O-])cc2)[C@H](CO)CN1C(=O)OC(C)(C)C. The molecule has 2 rings (SSSR count). The van der Waals surface area contributed by atoms with Gasteiger partial charge in [-0.1, -0.05) is 0 Å². The van der Waals surface area contributed by atoms with E-state index in [9.17, 15) is 28.4 Å². The van der Waals surface area contributed by atoms with Crippen LogP contribution in [0.2, 0.25) is 0 Å². The first-order chi connectivity index (χ1) is 12.9. The average molecular weight is 415 g/mol. The molecule has 0 unspecified atom stereocenters. The molecule has 1 amide bonds. The Bertz CT molecular complexity index is 833. The van der Waals surface area contributed by atoms with Gasteiger partial charge in [0, 0.05) is 31.3 Å². The van der Waals surface area contributed by atoms with Crippen molar-refractivity contribution in [3.8, 4) is 0 Å². The molecule has 1 heterocycles. The van der Waals surface area contributed by atoms with E-state index in [-0.39, 0.29) is 23.7 Å².